The molecule has 0 aromatic heterocycles. The molecule has 0 saturated carbocycles. The van der Waals surface area contributed by atoms with Gasteiger partial charge in [-0.1, -0.05) is 32.0 Å². The molecule has 0 aliphatic heterocycles. The predicted molar refractivity (Wildman–Crippen MR) is 122 cm³/mol. The monoisotopic (exact) mass is 484 g/mol. The van der Waals surface area contributed by atoms with Crippen LogP contribution in [0.3, 0.4) is 0 Å². The quantitative estimate of drug-likeness (QED) is 0.353. The number of rotatable bonds is 10. The van der Waals surface area contributed by atoms with Gasteiger partial charge in [0, 0.05) is 5.41 Å². The van der Waals surface area contributed by atoms with Gasteiger partial charge >= 0.3 is 0 Å². The Morgan fingerprint density at radius 2 is 1.66 bits per heavy atom. The lowest BCUT2D eigenvalue weighted by molar-refractivity contribution is 0.0536. The molecule has 0 fully saturated rings. The summed E-state index contributed by atoms with van der Waals surface area (Å²) in [6.45, 7) is 4.13. The van der Waals surface area contributed by atoms with Crippen molar-refractivity contribution in [1.82, 2.24) is 0 Å². The number of hydrogen-bond acceptors (Lipinski definition) is 5. The summed E-state index contributed by atoms with van der Waals surface area (Å²) >= 11 is 9.21. The Hall–Kier alpha value is -1.25. The van der Waals surface area contributed by atoms with Crippen molar-refractivity contribution in [3.05, 3.63) is 52.0 Å². The molecule has 0 saturated heterocycles. The molecule has 0 aliphatic rings. The Labute approximate surface area is 186 Å². The van der Waals surface area contributed by atoms with E-state index in [1.165, 1.54) is 0 Å². The molecular weight excluding hydrogens is 458 g/mol. The van der Waals surface area contributed by atoms with Crippen LogP contribution in [0.25, 0.3) is 0 Å². The third-order valence-electron chi connectivity index (χ3n) is 4.78. The third-order valence-corrected chi connectivity index (χ3v) is 5.72. The van der Waals surface area contributed by atoms with Crippen molar-refractivity contribution in [2.45, 2.75) is 31.5 Å². The fourth-order valence-corrected chi connectivity index (χ4v) is 3.64. The van der Waals surface area contributed by atoms with Crippen LogP contribution >= 0.6 is 27.5 Å². The van der Waals surface area contributed by atoms with Crippen LogP contribution in [0.15, 0.2) is 40.9 Å². The van der Waals surface area contributed by atoms with Crippen LogP contribution in [0.4, 0.5) is 0 Å². The Bertz CT molecular complexity index is 777. The first kappa shape index (κ1) is 24.0. The molecule has 0 aliphatic carbocycles. The largest absolute Gasteiger partial charge is 0.491 e. The van der Waals surface area contributed by atoms with Crippen LogP contribution < -0.4 is 14.9 Å². The summed E-state index contributed by atoms with van der Waals surface area (Å²) in [7, 11) is 1.97. The lowest BCUT2D eigenvalue weighted by Crippen LogP contribution is -2.25. The molecule has 0 amide bonds. The van der Waals surface area contributed by atoms with Gasteiger partial charge in [0.15, 0.2) is 0 Å². The number of hydrogen-bond donors (Lipinski definition) is 3. The van der Waals surface area contributed by atoms with E-state index >= 15 is 0 Å². The van der Waals surface area contributed by atoms with Gasteiger partial charge in [0.05, 0.1) is 17.0 Å². The first-order valence-corrected chi connectivity index (χ1v) is 10.7. The second kappa shape index (κ2) is 10.7. The molecular formula is C21H27BBrClO5. The molecule has 0 bridgehead atoms. The lowest BCUT2D eigenvalue weighted by atomic mass is 9.76. The molecule has 2 aromatic carbocycles. The summed E-state index contributed by atoms with van der Waals surface area (Å²) in [5.74, 6) is 1.45. The van der Waals surface area contributed by atoms with E-state index in [1.54, 1.807) is 0 Å². The number of ether oxygens (including phenoxy) is 2. The Morgan fingerprint density at radius 3 is 2.21 bits per heavy atom. The highest BCUT2D eigenvalue weighted by Gasteiger charge is 2.25. The topological polar surface area (TPSA) is 79.2 Å². The molecule has 158 valence electrons. The molecule has 2 rings (SSSR count). The van der Waals surface area contributed by atoms with Gasteiger partial charge in [0.1, 0.15) is 44.8 Å². The summed E-state index contributed by atoms with van der Waals surface area (Å²) in [4.78, 5) is 0. The van der Waals surface area contributed by atoms with Gasteiger partial charge in [-0.15, -0.1) is 11.6 Å². The molecule has 8 heteroatoms. The molecule has 3 N–H and O–H groups in total. The highest BCUT2D eigenvalue weighted by atomic mass is 79.9. The fourth-order valence-electron chi connectivity index (χ4n) is 2.88. The number of alkyl halides is 1. The molecule has 0 unspecified atom stereocenters. The Kier molecular flexibility index (Phi) is 8.85. The summed E-state index contributed by atoms with van der Waals surface area (Å²) in [5, 5.41) is 27.9. The van der Waals surface area contributed by atoms with Gasteiger partial charge in [-0.25, -0.2) is 0 Å². The molecule has 2 aromatic rings. The average molecular weight is 486 g/mol. The maximum Gasteiger partial charge on any atom is 0.144 e. The average Bonchev–Trinajstić information content (AvgIpc) is 2.71. The number of halogens is 2. The van der Waals surface area contributed by atoms with E-state index in [0.717, 1.165) is 21.1 Å². The smallest absolute Gasteiger partial charge is 0.144 e. The van der Waals surface area contributed by atoms with Gasteiger partial charge in [-0.05, 0) is 50.7 Å². The van der Waals surface area contributed by atoms with Gasteiger partial charge in [-0.3, -0.25) is 0 Å². The van der Waals surface area contributed by atoms with Crippen molar-refractivity contribution < 1.29 is 24.8 Å². The van der Waals surface area contributed by atoms with E-state index in [0.29, 0.717) is 11.5 Å². The third kappa shape index (κ3) is 6.36. The van der Waals surface area contributed by atoms with E-state index in [4.69, 9.17) is 26.2 Å². The molecule has 0 heterocycles. The Balaban J connectivity index is 2.19. The minimum Gasteiger partial charge on any atom is -0.491 e. The summed E-state index contributed by atoms with van der Waals surface area (Å²) in [5.41, 5.74) is 2.90. The fraction of sp³-hybridized carbons (Fsp3) is 0.429. The number of aliphatic hydroxyl groups excluding tert-OH is 3. The maximum absolute atomic E-state index is 9.63. The van der Waals surface area contributed by atoms with Crippen molar-refractivity contribution >= 4 is 40.8 Å². The first-order valence-electron chi connectivity index (χ1n) is 9.38. The van der Waals surface area contributed by atoms with E-state index in [2.05, 4.69) is 35.8 Å². The number of benzene rings is 2. The van der Waals surface area contributed by atoms with Crippen LogP contribution in [0.2, 0.25) is 0 Å². The zero-order valence-corrected chi connectivity index (χ0v) is 19.2. The second-order valence-corrected chi connectivity index (χ2v) is 8.68. The van der Waals surface area contributed by atoms with Crippen LogP contribution in [-0.2, 0) is 5.41 Å². The maximum atomic E-state index is 9.63. The number of aliphatic hydroxyl groups is 3. The van der Waals surface area contributed by atoms with Gasteiger partial charge < -0.3 is 24.8 Å². The SMILES string of the molecule is Bc1cc(C(C)(C)c2ccc(OC[C@@H](O)CO)cc2)cc(Br)c1OC[C@H](O)CCl. The predicted octanol–water partition coefficient (Wildman–Crippen LogP) is 1.74. The van der Waals surface area contributed by atoms with Crippen molar-refractivity contribution in [3.8, 4) is 11.5 Å². The lowest BCUT2D eigenvalue weighted by Gasteiger charge is -2.28. The van der Waals surface area contributed by atoms with E-state index in [-0.39, 0.29) is 31.1 Å². The molecule has 5 nitrogen and oxygen atoms in total. The Morgan fingerprint density at radius 1 is 1.03 bits per heavy atom. The molecule has 2 atom stereocenters. The minimum atomic E-state index is -0.891. The molecule has 29 heavy (non-hydrogen) atoms. The molecule has 0 spiro atoms. The zero-order chi connectivity index (χ0) is 21.6. The van der Waals surface area contributed by atoms with Gasteiger partial charge in [-0.2, -0.15) is 0 Å². The van der Waals surface area contributed by atoms with Gasteiger partial charge in [0.25, 0.3) is 0 Å². The van der Waals surface area contributed by atoms with Crippen molar-refractivity contribution in [3.63, 3.8) is 0 Å². The minimum absolute atomic E-state index is 0.0469. The normalized spacial score (nSPS) is 13.8. The summed E-state index contributed by atoms with van der Waals surface area (Å²) in [6.07, 6.45) is -1.60. The van der Waals surface area contributed by atoms with Crippen LogP contribution in [0.1, 0.15) is 25.0 Å². The van der Waals surface area contributed by atoms with E-state index in [9.17, 15) is 10.2 Å². The standard InChI is InChI=1S/C21H27BBrClO5/c1-21(2,13-3-5-17(6-4-13)28-12-16(27)10-25)14-7-18(22)20(19(23)8-14)29-11-15(26)9-24/h3-8,15-16,25-27H,9-12,22H2,1-2H3/t15-,16+/m1/s1. The van der Waals surface area contributed by atoms with Crippen LogP contribution in [-0.4, -0.2) is 61.1 Å². The summed E-state index contributed by atoms with van der Waals surface area (Å²) < 4.78 is 12.0. The van der Waals surface area contributed by atoms with Gasteiger partial charge in [0.2, 0.25) is 0 Å². The first-order chi connectivity index (χ1) is 13.7. The van der Waals surface area contributed by atoms with Crippen LogP contribution in [0.5, 0.6) is 11.5 Å². The highest BCUT2D eigenvalue weighted by molar-refractivity contribution is 9.10. The van der Waals surface area contributed by atoms with Crippen molar-refractivity contribution in [2.75, 3.05) is 25.7 Å². The van der Waals surface area contributed by atoms with E-state index < -0.39 is 12.2 Å². The molecule has 0 radical (unpaired) electrons. The van der Waals surface area contributed by atoms with Crippen molar-refractivity contribution in [1.29, 1.82) is 0 Å². The van der Waals surface area contributed by atoms with Crippen molar-refractivity contribution in [2.24, 2.45) is 0 Å². The van der Waals surface area contributed by atoms with E-state index in [1.807, 2.05) is 38.2 Å². The second-order valence-electron chi connectivity index (χ2n) is 7.52. The summed E-state index contributed by atoms with van der Waals surface area (Å²) in [6, 6.07) is 11.8. The van der Waals surface area contributed by atoms with Crippen LogP contribution in [0, 0.1) is 0 Å². The zero-order valence-electron chi connectivity index (χ0n) is 16.9. The highest BCUT2D eigenvalue weighted by Crippen LogP contribution is 2.35.